The molecule has 59 heavy (non-hydrogen) atoms. The van der Waals surface area contributed by atoms with Gasteiger partial charge in [-0.05, 0) is 110 Å². The van der Waals surface area contributed by atoms with Gasteiger partial charge in [0.15, 0.2) is 0 Å². The number of nitrogens with zero attached hydrogens (tertiary/aromatic N) is 4. The van der Waals surface area contributed by atoms with Crippen molar-refractivity contribution >= 4 is 11.9 Å². The fraction of sp³-hybridized carbons (Fsp3) is 0.961. The van der Waals surface area contributed by atoms with E-state index in [4.69, 9.17) is 9.68 Å². The zero-order valence-electron chi connectivity index (χ0n) is 40.2. The summed E-state index contributed by atoms with van der Waals surface area (Å²) in [7, 11) is 0. The van der Waals surface area contributed by atoms with Gasteiger partial charge in [0.25, 0.3) is 0 Å². The van der Waals surface area contributed by atoms with Crippen LogP contribution < -0.4 is 0 Å². The Morgan fingerprint density at radius 1 is 0.373 bits per heavy atom. The van der Waals surface area contributed by atoms with E-state index in [1.807, 2.05) is 10.1 Å². The third kappa shape index (κ3) is 37.1. The minimum absolute atomic E-state index is 0.0294. The molecule has 0 N–H and O–H groups in total. The number of hydroxylamine groups is 4. The van der Waals surface area contributed by atoms with Crippen molar-refractivity contribution in [2.75, 3.05) is 65.4 Å². The third-order valence-electron chi connectivity index (χ3n) is 12.4. The molecule has 1 aliphatic heterocycles. The van der Waals surface area contributed by atoms with E-state index in [-0.39, 0.29) is 11.9 Å². The predicted octanol–water partition coefficient (Wildman–Crippen LogP) is 13.9. The number of hydrogen-bond donors (Lipinski definition) is 0. The molecule has 1 aliphatic rings. The molecule has 0 aromatic rings. The second-order valence-electron chi connectivity index (χ2n) is 18.2. The normalized spacial score (nSPS) is 13.4. The SMILES string of the molecule is CCCCCCN(CCCCCC)OC(=O)CCCCCCCCCN(CCCCCCCCCC(=O)ON(CCCCCC)CCCCCC)CCCN1CCCC1. The Balaban J connectivity index is 2.22. The molecule has 0 spiro atoms. The van der Waals surface area contributed by atoms with Gasteiger partial charge >= 0.3 is 11.9 Å². The minimum Gasteiger partial charge on any atom is -0.368 e. The highest BCUT2D eigenvalue weighted by Gasteiger charge is 2.14. The average Bonchev–Trinajstić information content (AvgIpc) is 3.76. The monoisotopic (exact) mass is 835 g/mol. The van der Waals surface area contributed by atoms with E-state index in [1.165, 1.54) is 200 Å². The quantitative estimate of drug-likeness (QED) is 0.0444. The summed E-state index contributed by atoms with van der Waals surface area (Å²) in [5.74, 6) is -0.0588. The van der Waals surface area contributed by atoms with Crippen molar-refractivity contribution in [3.63, 3.8) is 0 Å². The zero-order valence-corrected chi connectivity index (χ0v) is 40.2. The summed E-state index contributed by atoms with van der Waals surface area (Å²) in [5, 5.41) is 3.93. The molecule has 0 amide bonds. The molecule has 1 rings (SSSR count). The molecular formula is C51H102N4O4. The standard InChI is InChI=1S/C51H102N4O4/c1-5-9-13-31-46-54(47-32-14-10-6-2)58-50(56)38-27-23-19-17-21-25-29-40-52(44-37-45-53-42-35-36-43-53)41-30-26-22-18-20-24-28-39-51(57)59-55(48-33-15-11-7-3)49-34-16-12-8-4/h5-49H2,1-4H3. The van der Waals surface area contributed by atoms with Crippen LogP contribution in [0.4, 0.5) is 0 Å². The molecule has 1 heterocycles. The first-order valence-electron chi connectivity index (χ1n) is 26.4. The zero-order chi connectivity index (χ0) is 42.7. The predicted molar refractivity (Wildman–Crippen MR) is 253 cm³/mol. The molecule has 350 valence electrons. The number of unbranched alkanes of at least 4 members (excludes halogenated alkanes) is 24. The Hall–Kier alpha value is -1.22. The molecule has 1 fully saturated rings. The molecule has 0 atom stereocenters. The molecular weight excluding hydrogens is 733 g/mol. The van der Waals surface area contributed by atoms with Gasteiger partial charge in [-0.3, -0.25) is 9.59 Å². The van der Waals surface area contributed by atoms with Crippen LogP contribution in [0.5, 0.6) is 0 Å². The molecule has 0 aromatic heterocycles. The van der Waals surface area contributed by atoms with Crippen molar-refractivity contribution < 1.29 is 19.3 Å². The first-order valence-corrected chi connectivity index (χ1v) is 26.4. The van der Waals surface area contributed by atoms with Crippen LogP contribution in [0.2, 0.25) is 0 Å². The Morgan fingerprint density at radius 2 is 0.661 bits per heavy atom. The van der Waals surface area contributed by atoms with Crippen molar-refractivity contribution in [1.29, 1.82) is 0 Å². The summed E-state index contributed by atoms with van der Waals surface area (Å²) in [6, 6.07) is 0. The van der Waals surface area contributed by atoms with Crippen LogP contribution in [0, 0.1) is 0 Å². The van der Waals surface area contributed by atoms with Crippen molar-refractivity contribution in [2.45, 2.75) is 252 Å². The maximum atomic E-state index is 12.6. The largest absolute Gasteiger partial charge is 0.368 e. The number of likely N-dealkylation sites (tertiary alicyclic amines) is 1. The molecule has 8 heteroatoms. The maximum Gasteiger partial charge on any atom is 0.325 e. The molecule has 8 nitrogen and oxygen atoms in total. The highest BCUT2D eigenvalue weighted by Crippen LogP contribution is 2.15. The number of carbonyl (C=O) groups is 2. The van der Waals surface area contributed by atoms with Gasteiger partial charge in [-0.25, -0.2) is 0 Å². The van der Waals surface area contributed by atoms with Crippen LogP contribution in [-0.2, 0) is 19.3 Å². The molecule has 0 unspecified atom stereocenters. The molecule has 0 radical (unpaired) electrons. The van der Waals surface area contributed by atoms with Crippen LogP contribution in [0.15, 0.2) is 0 Å². The van der Waals surface area contributed by atoms with Crippen LogP contribution in [-0.4, -0.2) is 97.3 Å². The van der Waals surface area contributed by atoms with Gasteiger partial charge in [-0.15, -0.1) is 10.1 Å². The van der Waals surface area contributed by atoms with Gasteiger partial charge in [0.2, 0.25) is 0 Å². The summed E-state index contributed by atoms with van der Waals surface area (Å²) >= 11 is 0. The average molecular weight is 835 g/mol. The van der Waals surface area contributed by atoms with Crippen molar-refractivity contribution in [3.8, 4) is 0 Å². The number of hydrogen-bond acceptors (Lipinski definition) is 8. The first-order chi connectivity index (χ1) is 29.0. The third-order valence-corrected chi connectivity index (χ3v) is 12.4. The fourth-order valence-corrected chi connectivity index (χ4v) is 8.48. The van der Waals surface area contributed by atoms with Crippen LogP contribution in [0.25, 0.3) is 0 Å². The Labute approximate surface area is 367 Å². The topological polar surface area (TPSA) is 65.6 Å². The van der Waals surface area contributed by atoms with Crippen molar-refractivity contribution in [1.82, 2.24) is 19.9 Å². The lowest BCUT2D eigenvalue weighted by Crippen LogP contribution is -2.30. The van der Waals surface area contributed by atoms with Crippen molar-refractivity contribution in [3.05, 3.63) is 0 Å². The lowest BCUT2D eigenvalue weighted by Gasteiger charge is -2.24. The van der Waals surface area contributed by atoms with E-state index < -0.39 is 0 Å². The Kier molecular flexibility index (Phi) is 41.1. The summed E-state index contributed by atoms with van der Waals surface area (Å²) in [4.78, 5) is 42.3. The second-order valence-corrected chi connectivity index (χ2v) is 18.2. The molecule has 0 bridgehead atoms. The van der Waals surface area contributed by atoms with Crippen LogP contribution in [0.1, 0.15) is 252 Å². The van der Waals surface area contributed by atoms with E-state index in [0.29, 0.717) is 12.8 Å². The lowest BCUT2D eigenvalue weighted by molar-refractivity contribution is -0.192. The summed E-state index contributed by atoms with van der Waals surface area (Å²) in [6.45, 7) is 20.1. The van der Waals surface area contributed by atoms with Gasteiger partial charge in [0.05, 0.1) is 0 Å². The van der Waals surface area contributed by atoms with Gasteiger partial charge in [0, 0.05) is 39.0 Å². The number of carbonyl (C=O) groups excluding carboxylic acids is 2. The smallest absolute Gasteiger partial charge is 0.325 e. The van der Waals surface area contributed by atoms with E-state index in [1.54, 1.807) is 0 Å². The van der Waals surface area contributed by atoms with E-state index in [9.17, 15) is 9.59 Å². The van der Waals surface area contributed by atoms with E-state index in [0.717, 1.165) is 77.5 Å². The van der Waals surface area contributed by atoms with Crippen LogP contribution in [0.3, 0.4) is 0 Å². The molecule has 0 aromatic carbocycles. The Morgan fingerprint density at radius 3 is 1.02 bits per heavy atom. The molecule has 1 saturated heterocycles. The first kappa shape index (κ1) is 55.8. The summed E-state index contributed by atoms with van der Waals surface area (Å²) in [6.07, 6.45) is 41.6. The van der Waals surface area contributed by atoms with Crippen LogP contribution >= 0.6 is 0 Å². The van der Waals surface area contributed by atoms with Gasteiger partial charge in [-0.2, -0.15) is 0 Å². The molecule has 0 saturated carbocycles. The van der Waals surface area contributed by atoms with Gasteiger partial charge in [-0.1, -0.05) is 169 Å². The maximum absolute atomic E-state index is 12.6. The highest BCUT2D eigenvalue weighted by molar-refractivity contribution is 5.69. The summed E-state index contributed by atoms with van der Waals surface area (Å²) in [5.41, 5.74) is 0. The highest BCUT2D eigenvalue weighted by atomic mass is 16.7. The molecule has 0 aliphatic carbocycles. The number of rotatable bonds is 46. The fourth-order valence-electron chi connectivity index (χ4n) is 8.48. The summed E-state index contributed by atoms with van der Waals surface area (Å²) < 4.78 is 0. The lowest BCUT2D eigenvalue weighted by atomic mass is 10.1. The Bertz CT molecular complexity index is 817. The minimum atomic E-state index is -0.0294. The van der Waals surface area contributed by atoms with E-state index in [2.05, 4.69) is 37.5 Å². The van der Waals surface area contributed by atoms with Crippen molar-refractivity contribution in [2.24, 2.45) is 0 Å². The van der Waals surface area contributed by atoms with E-state index >= 15 is 0 Å². The second kappa shape index (κ2) is 43.4. The van der Waals surface area contributed by atoms with Gasteiger partial charge < -0.3 is 19.5 Å². The van der Waals surface area contributed by atoms with Gasteiger partial charge in [0.1, 0.15) is 0 Å².